The number of carbonyl (C=O) groups excluding carboxylic acids is 1. The molecule has 5 rings (SSSR count). The molecule has 0 bridgehead atoms. The number of carboxylic acids is 1. The second kappa shape index (κ2) is 12.8. The van der Waals surface area contributed by atoms with Gasteiger partial charge in [-0.25, -0.2) is 27.7 Å². The number of benzene rings is 3. The van der Waals surface area contributed by atoms with Crippen LogP contribution in [0.25, 0.3) is 11.3 Å². The molecule has 1 unspecified atom stereocenters. The predicted molar refractivity (Wildman–Crippen MR) is 172 cm³/mol. The molecular formula is C34H36N4O7S. The molecule has 0 spiro atoms. The highest BCUT2D eigenvalue weighted by atomic mass is 32.2. The van der Waals surface area contributed by atoms with Gasteiger partial charge in [-0.1, -0.05) is 48.5 Å². The number of nitrogens with zero attached hydrogens (tertiary/aromatic N) is 3. The van der Waals surface area contributed by atoms with Gasteiger partial charge in [-0.05, 0) is 75.1 Å². The number of anilines is 1. The Bertz CT molecular complexity index is 1880. The smallest absolute Gasteiger partial charge is 0.410 e. The fourth-order valence-corrected chi connectivity index (χ4v) is 6.29. The van der Waals surface area contributed by atoms with E-state index in [1.807, 2.05) is 56.3 Å². The van der Waals surface area contributed by atoms with Crippen LogP contribution >= 0.6 is 0 Å². The zero-order valence-electron chi connectivity index (χ0n) is 26.3. The van der Waals surface area contributed by atoms with Gasteiger partial charge in [0.1, 0.15) is 11.7 Å². The summed E-state index contributed by atoms with van der Waals surface area (Å²) >= 11 is 0. The summed E-state index contributed by atoms with van der Waals surface area (Å²) < 4.78 is 41.3. The Morgan fingerprint density at radius 2 is 1.61 bits per heavy atom. The lowest BCUT2D eigenvalue weighted by molar-refractivity contribution is 0.0160. The third-order valence-corrected chi connectivity index (χ3v) is 8.67. The van der Waals surface area contributed by atoms with Gasteiger partial charge in [0.05, 0.1) is 22.7 Å². The highest BCUT2D eigenvalue weighted by Gasteiger charge is 2.30. The van der Waals surface area contributed by atoms with Gasteiger partial charge in [0.25, 0.3) is 10.0 Å². The summed E-state index contributed by atoms with van der Waals surface area (Å²) in [4.78, 5) is 35.0. The van der Waals surface area contributed by atoms with Crippen molar-refractivity contribution in [3.8, 4) is 17.1 Å². The first-order chi connectivity index (χ1) is 21.7. The van der Waals surface area contributed by atoms with Gasteiger partial charge in [0.2, 0.25) is 11.8 Å². The quantitative estimate of drug-likeness (QED) is 0.247. The predicted octanol–water partition coefficient (Wildman–Crippen LogP) is 6.00. The van der Waals surface area contributed by atoms with Crippen molar-refractivity contribution in [1.82, 2.24) is 14.9 Å². The Labute approximate surface area is 268 Å². The summed E-state index contributed by atoms with van der Waals surface area (Å²) in [5.41, 5.74) is 4.12. The number of hydrogen-bond acceptors (Lipinski definition) is 8. The molecule has 3 aromatic carbocycles. The van der Waals surface area contributed by atoms with Crippen LogP contribution in [0.15, 0.2) is 77.7 Å². The molecule has 1 aliphatic rings. The second-order valence-corrected chi connectivity index (χ2v) is 13.9. The Hall–Kier alpha value is -4.97. The summed E-state index contributed by atoms with van der Waals surface area (Å²) in [6.45, 7) is 9.79. The maximum absolute atomic E-state index is 13.4. The lowest BCUT2D eigenvalue weighted by atomic mass is 10.00. The van der Waals surface area contributed by atoms with Crippen LogP contribution in [-0.2, 0) is 27.7 Å². The fourth-order valence-electron chi connectivity index (χ4n) is 5.30. The lowest BCUT2D eigenvalue weighted by Crippen LogP contribution is -2.41. The van der Waals surface area contributed by atoms with Crippen LogP contribution in [0, 0.1) is 13.8 Å². The zero-order chi connectivity index (χ0) is 33.2. The minimum Gasteiger partial charge on any atom is -0.478 e. The number of sulfonamides is 1. The van der Waals surface area contributed by atoms with E-state index in [4.69, 9.17) is 9.47 Å². The minimum atomic E-state index is -4.28. The number of carbonyl (C=O) groups is 2. The molecule has 1 aromatic heterocycles. The van der Waals surface area contributed by atoms with Crippen LogP contribution in [0.2, 0.25) is 0 Å². The number of rotatable bonds is 7. The first-order valence-corrected chi connectivity index (χ1v) is 16.2. The maximum atomic E-state index is 13.4. The van der Waals surface area contributed by atoms with Gasteiger partial charge >= 0.3 is 12.1 Å². The zero-order valence-corrected chi connectivity index (χ0v) is 27.1. The van der Waals surface area contributed by atoms with E-state index in [2.05, 4.69) is 14.7 Å². The molecule has 0 radical (unpaired) electrons. The number of aromatic nitrogens is 2. The van der Waals surface area contributed by atoms with Gasteiger partial charge in [-0.3, -0.25) is 0 Å². The van der Waals surface area contributed by atoms with E-state index < -0.39 is 33.8 Å². The van der Waals surface area contributed by atoms with Crippen LogP contribution < -0.4 is 9.46 Å². The largest absolute Gasteiger partial charge is 0.478 e. The molecule has 0 aliphatic carbocycles. The first kappa shape index (κ1) is 32.4. The summed E-state index contributed by atoms with van der Waals surface area (Å²) in [5.74, 6) is -1.42. The third-order valence-electron chi connectivity index (χ3n) is 7.35. The number of amides is 1. The molecule has 2 N–H and O–H groups in total. The Kier molecular flexibility index (Phi) is 9.02. The number of nitrogens with one attached hydrogen (secondary N) is 1. The molecule has 4 aromatic rings. The molecule has 1 aliphatic heterocycles. The number of fused-ring (bicyclic) bond motifs is 1. The standard InChI is InChI=1S/C34H36N4O7S/c1-21-10-8-11-22(2)30(21)28-18-29(36-32(35-28)37-46(42,43)27-15-9-14-24(17-27)31(39)40)44-26-16-23-12-6-7-13-25(23)19-38(20-26)33(41)45-34(3,4)5/h6-15,17-18,26H,16,19-20H2,1-5H3,(H,39,40)(H,35,36,37). The molecule has 2 heterocycles. The van der Waals surface area contributed by atoms with Crippen LogP contribution in [0.3, 0.4) is 0 Å². The molecule has 0 fully saturated rings. The first-order valence-electron chi connectivity index (χ1n) is 14.7. The molecule has 0 saturated carbocycles. The van der Waals surface area contributed by atoms with Crippen LogP contribution in [0.4, 0.5) is 10.7 Å². The molecule has 1 amide bonds. The molecular weight excluding hydrogens is 608 g/mol. The topological polar surface area (TPSA) is 148 Å². The average Bonchev–Trinajstić information content (AvgIpc) is 3.15. The van der Waals surface area contributed by atoms with Crippen LogP contribution in [-0.4, -0.2) is 58.7 Å². The van der Waals surface area contributed by atoms with Crippen molar-refractivity contribution >= 4 is 28.0 Å². The highest BCUT2D eigenvalue weighted by molar-refractivity contribution is 7.92. The normalized spacial score (nSPS) is 15.0. The summed E-state index contributed by atoms with van der Waals surface area (Å²) in [6.07, 6.45) is -0.580. The van der Waals surface area contributed by atoms with E-state index in [9.17, 15) is 23.1 Å². The number of aryl methyl sites for hydroxylation is 2. The summed E-state index contributed by atoms with van der Waals surface area (Å²) in [5, 5.41) is 9.37. The average molecular weight is 645 g/mol. The monoisotopic (exact) mass is 644 g/mol. The van der Waals surface area contributed by atoms with Crippen molar-refractivity contribution in [2.45, 2.75) is 64.2 Å². The van der Waals surface area contributed by atoms with Crippen molar-refractivity contribution in [1.29, 1.82) is 0 Å². The van der Waals surface area contributed by atoms with E-state index in [-0.39, 0.29) is 28.8 Å². The van der Waals surface area contributed by atoms with E-state index >= 15 is 0 Å². The summed E-state index contributed by atoms with van der Waals surface area (Å²) in [6, 6.07) is 20.2. The van der Waals surface area contributed by atoms with Crippen LogP contribution in [0.5, 0.6) is 5.88 Å². The van der Waals surface area contributed by atoms with Crippen molar-refractivity contribution in [2.24, 2.45) is 0 Å². The van der Waals surface area contributed by atoms with Crippen molar-refractivity contribution < 1.29 is 32.6 Å². The van der Waals surface area contributed by atoms with Gasteiger partial charge < -0.3 is 19.5 Å². The molecule has 1 atom stereocenters. The number of carboxylic acid groups (broad SMARTS) is 1. The fraction of sp³-hybridized carbons (Fsp3) is 0.294. The number of aromatic carboxylic acids is 1. The van der Waals surface area contributed by atoms with E-state index in [0.29, 0.717) is 18.7 Å². The Morgan fingerprint density at radius 1 is 0.935 bits per heavy atom. The highest BCUT2D eigenvalue weighted by Crippen LogP contribution is 2.31. The van der Waals surface area contributed by atoms with Gasteiger partial charge in [-0.2, -0.15) is 4.98 Å². The SMILES string of the molecule is Cc1cccc(C)c1-c1cc(OC2Cc3ccccc3CN(C(=O)OC(C)(C)C)C2)nc(NS(=O)(=O)c2cccc(C(=O)O)c2)n1. The Balaban J connectivity index is 1.54. The van der Waals surface area contributed by atoms with Crippen LogP contribution in [0.1, 0.15) is 53.4 Å². The van der Waals surface area contributed by atoms with Crippen molar-refractivity contribution in [3.05, 3.63) is 101 Å². The molecule has 12 heteroatoms. The molecule has 11 nitrogen and oxygen atoms in total. The third kappa shape index (κ3) is 7.63. The number of hydrogen-bond donors (Lipinski definition) is 2. The molecule has 240 valence electrons. The maximum Gasteiger partial charge on any atom is 0.410 e. The minimum absolute atomic E-state index is 0.0955. The van der Waals surface area contributed by atoms with Crippen molar-refractivity contribution in [2.75, 3.05) is 11.3 Å². The van der Waals surface area contributed by atoms with E-state index in [1.54, 1.807) is 31.7 Å². The molecule has 0 saturated heterocycles. The Morgan fingerprint density at radius 3 is 2.28 bits per heavy atom. The van der Waals surface area contributed by atoms with E-state index in [1.165, 1.54) is 18.2 Å². The summed E-state index contributed by atoms with van der Waals surface area (Å²) in [7, 11) is -4.28. The van der Waals surface area contributed by atoms with Gasteiger partial charge in [-0.15, -0.1) is 0 Å². The second-order valence-electron chi connectivity index (χ2n) is 12.2. The van der Waals surface area contributed by atoms with Gasteiger partial charge in [0, 0.05) is 24.6 Å². The lowest BCUT2D eigenvalue weighted by Gasteiger charge is -2.28. The van der Waals surface area contributed by atoms with E-state index in [0.717, 1.165) is 33.9 Å². The number of ether oxygens (including phenoxy) is 2. The molecule has 46 heavy (non-hydrogen) atoms. The van der Waals surface area contributed by atoms with Gasteiger partial charge in [0.15, 0.2) is 0 Å². The van der Waals surface area contributed by atoms with Crippen molar-refractivity contribution in [3.63, 3.8) is 0 Å².